The molecule has 0 saturated heterocycles. The molecule has 0 amide bonds. The topological polar surface area (TPSA) is 21.3 Å². The van der Waals surface area contributed by atoms with Crippen LogP contribution < -0.4 is 10.1 Å². The fourth-order valence-electron chi connectivity index (χ4n) is 2.45. The summed E-state index contributed by atoms with van der Waals surface area (Å²) in [5.41, 5.74) is 1.38. The van der Waals surface area contributed by atoms with Gasteiger partial charge in [0.15, 0.2) is 0 Å². The summed E-state index contributed by atoms with van der Waals surface area (Å²) in [6.45, 7) is 1.14. The summed E-state index contributed by atoms with van der Waals surface area (Å²) in [7, 11) is 3.78. The van der Waals surface area contributed by atoms with Crippen molar-refractivity contribution in [2.24, 2.45) is 5.92 Å². The van der Waals surface area contributed by atoms with Gasteiger partial charge in [0.05, 0.1) is 7.11 Å². The van der Waals surface area contributed by atoms with Crippen molar-refractivity contribution >= 4 is 0 Å². The molecule has 0 aliphatic heterocycles. The number of nitrogens with one attached hydrogen (secondary N) is 1. The van der Waals surface area contributed by atoms with E-state index in [1.807, 2.05) is 13.1 Å². The van der Waals surface area contributed by atoms with Gasteiger partial charge in [0.25, 0.3) is 0 Å². The van der Waals surface area contributed by atoms with Crippen molar-refractivity contribution in [1.29, 1.82) is 0 Å². The maximum Gasteiger partial charge on any atom is 0.122 e. The first-order valence-electron chi connectivity index (χ1n) is 5.62. The van der Waals surface area contributed by atoms with Crippen molar-refractivity contribution in [3.05, 3.63) is 29.8 Å². The molecule has 2 nitrogen and oxygen atoms in total. The molecule has 1 aliphatic carbocycles. The fourth-order valence-corrected chi connectivity index (χ4v) is 2.45. The van der Waals surface area contributed by atoms with Gasteiger partial charge >= 0.3 is 0 Å². The molecule has 1 aromatic rings. The summed E-state index contributed by atoms with van der Waals surface area (Å²) >= 11 is 0. The highest BCUT2D eigenvalue weighted by molar-refractivity contribution is 5.37. The zero-order chi connectivity index (χ0) is 10.7. The predicted molar refractivity (Wildman–Crippen MR) is 62.4 cm³/mol. The van der Waals surface area contributed by atoms with Crippen LogP contribution in [0.5, 0.6) is 5.75 Å². The number of hydrogen-bond donors (Lipinski definition) is 1. The maximum absolute atomic E-state index is 5.38. The SMILES string of the molecule is CNCC1CC(c2ccccc2OC)C1. The Morgan fingerprint density at radius 2 is 2.07 bits per heavy atom. The van der Waals surface area contributed by atoms with Gasteiger partial charge < -0.3 is 10.1 Å². The van der Waals surface area contributed by atoms with Gasteiger partial charge in [-0.25, -0.2) is 0 Å². The fraction of sp³-hybridized carbons (Fsp3) is 0.538. The van der Waals surface area contributed by atoms with Crippen LogP contribution in [0.25, 0.3) is 0 Å². The van der Waals surface area contributed by atoms with E-state index < -0.39 is 0 Å². The molecule has 0 unspecified atom stereocenters. The summed E-state index contributed by atoms with van der Waals surface area (Å²) in [6, 6.07) is 8.38. The Balaban J connectivity index is 2.00. The lowest BCUT2D eigenvalue weighted by Crippen LogP contribution is -2.30. The van der Waals surface area contributed by atoms with E-state index in [0.717, 1.165) is 18.2 Å². The second kappa shape index (κ2) is 4.67. The van der Waals surface area contributed by atoms with Gasteiger partial charge in [0.2, 0.25) is 0 Å². The Labute approximate surface area is 91.6 Å². The molecule has 2 rings (SSSR count). The number of rotatable bonds is 4. The molecular formula is C13H19NO. The lowest BCUT2D eigenvalue weighted by atomic mass is 9.71. The van der Waals surface area contributed by atoms with Gasteiger partial charge in [-0.3, -0.25) is 0 Å². The van der Waals surface area contributed by atoms with Crippen molar-refractivity contribution in [3.8, 4) is 5.75 Å². The largest absolute Gasteiger partial charge is 0.496 e. The summed E-state index contributed by atoms with van der Waals surface area (Å²) in [6.07, 6.45) is 2.59. The summed E-state index contributed by atoms with van der Waals surface area (Å²) in [4.78, 5) is 0. The van der Waals surface area contributed by atoms with Gasteiger partial charge in [-0.2, -0.15) is 0 Å². The molecule has 0 radical (unpaired) electrons. The zero-order valence-electron chi connectivity index (χ0n) is 9.49. The average molecular weight is 205 g/mol. The van der Waals surface area contributed by atoms with Crippen LogP contribution in [0.15, 0.2) is 24.3 Å². The third-order valence-electron chi connectivity index (χ3n) is 3.31. The molecule has 15 heavy (non-hydrogen) atoms. The van der Waals surface area contributed by atoms with Crippen LogP contribution in [0.1, 0.15) is 24.3 Å². The first-order valence-corrected chi connectivity index (χ1v) is 5.62. The van der Waals surface area contributed by atoms with Gasteiger partial charge in [-0.1, -0.05) is 18.2 Å². The first-order chi connectivity index (χ1) is 7.35. The number of ether oxygens (including phenoxy) is 1. The smallest absolute Gasteiger partial charge is 0.122 e. The number of benzene rings is 1. The van der Waals surface area contributed by atoms with E-state index in [9.17, 15) is 0 Å². The molecule has 1 fully saturated rings. The van der Waals surface area contributed by atoms with Crippen LogP contribution >= 0.6 is 0 Å². The standard InChI is InChI=1S/C13H19NO/c1-14-9-10-7-11(8-10)12-5-3-4-6-13(12)15-2/h3-6,10-11,14H,7-9H2,1-2H3. The van der Waals surface area contributed by atoms with E-state index in [4.69, 9.17) is 4.74 Å². The van der Waals surface area contributed by atoms with E-state index >= 15 is 0 Å². The summed E-state index contributed by atoms with van der Waals surface area (Å²) in [5, 5.41) is 3.24. The van der Waals surface area contributed by atoms with Crippen molar-refractivity contribution in [3.63, 3.8) is 0 Å². The Morgan fingerprint density at radius 3 is 2.73 bits per heavy atom. The molecule has 0 aromatic heterocycles. The highest BCUT2D eigenvalue weighted by Crippen LogP contribution is 2.44. The third-order valence-corrected chi connectivity index (χ3v) is 3.31. The van der Waals surface area contributed by atoms with Gasteiger partial charge in [0.1, 0.15) is 5.75 Å². The monoisotopic (exact) mass is 205 g/mol. The van der Waals surface area contributed by atoms with E-state index in [2.05, 4.69) is 23.5 Å². The molecule has 82 valence electrons. The van der Waals surface area contributed by atoms with Crippen molar-refractivity contribution < 1.29 is 4.74 Å². The summed E-state index contributed by atoms with van der Waals surface area (Å²) in [5.74, 6) is 2.61. The van der Waals surface area contributed by atoms with Crippen LogP contribution in [0.3, 0.4) is 0 Å². The van der Waals surface area contributed by atoms with E-state index in [0.29, 0.717) is 5.92 Å². The molecule has 1 saturated carbocycles. The molecule has 2 heteroatoms. The Bertz CT molecular complexity index is 318. The summed E-state index contributed by atoms with van der Waals surface area (Å²) < 4.78 is 5.38. The number of methoxy groups -OCH3 is 1. The van der Waals surface area contributed by atoms with Crippen molar-refractivity contribution in [1.82, 2.24) is 5.32 Å². The molecule has 1 aliphatic rings. The van der Waals surface area contributed by atoms with Crippen LogP contribution in [0.2, 0.25) is 0 Å². The van der Waals surface area contributed by atoms with E-state index in [-0.39, 0.29) is 0 Å². The lowest BCUT2D eigenvalue weighted by Gasteiger charge is -2.36. The van der Waals surface area contributed by atoms with E-state index in [1.54, 1.807) is 7.11 Å². The predicted octanol–water partition coefficient (Wildman–Crippen LogP) is 2.41. The Kier molecular flexibility index (Phi) is 3.27. The molecule has 0 spiro atoms. The third kappa shape index (κ3) is 2.15. The minimum atomic E-state index is 0.708. The Hall–Kier alpha value is -1.02. The van der Waals surface area contributed by atoms with Crippen LogP contribution in [-0.4, -0.2) is 20.7 Å². The van der Waals surface area contributed by atoms with Gasteiger partial charge in [0, 0.05) is 0 Å². The van der Waals surface area contributed by atoms with Crippen molar-refractivity contribution in [2.75, 3.05) is 20.7 Å². The second-order valence-electron chi connectivity index (χ2n) is 4.33. The van der Waals surface area contributed by atoms with Crippen LogP contribution in [0, 0.1) is 5.92 Å². The van der Waals surface area contributed by atoms with Crippen molar-refractivity contribution in [2.45, 2.75) is 18.8 Å². The number of hydrogen-bond acceptors (Lipinski definition) is 2. The van der Waals surface area contributed by atoms with E-state index in [1.165, 1.54) is 18.4 Å². The quantitative estimate of drug-likeness (QED) is 0.815. The van der Waals surface area contributed by atoms with Gasteiger partial charge in [-0.15, -0.1) is 0 Å². The molecule has 0 bridgehead atoms. The molecule has 1 aromatic carbocycles. The van der Waals surface area contributed by atoms with Crippen LogP contribution in [0.4, 0.5) is 0 Å². The highest BCUT2D eigenvalue weighted by atomic mass is 16.5. The lowest BCUT2D eigenvalue weighted by molar-refractivity contribution is 0.253. The zero-order valence-corrected chi connectivity index (χ0v) is 9.49. The minimum absolute atomic E-state index is 0.708. The number of para-hydroxylation sites is 1. The molecule has 0 heterocycles. The second-order valence-corrected chi connectivity index (χ2v) is 4.33. The molecule has 1 N–H and O–H groups in total. The average Bonchev–Trinajstić information content (AvgIpc) is 2.23. The molecular weight excluding hydrogens is 186 g/mol. The normalized spacial score (nSPS) is 24.7. The first kappa shape index (κ1) is 10.5. The Morgan fingerprint density at radius 1 is 1.33 bits per heavy atom. The van der Waals surface area contributed by atoms with Crippen LogP contribution in [-0.2, 0) is 0 Å². The minimum Gasteiger partial charge on any atom is -0.496 e. The highest BCUT2D eigenvalue weighted by Gasteiger charge is 2.31. The van der Waals surface area contributed by atoms with Gasteiger partial charge in [-0.05, 0) is 49.9 Å². The maximum atomic E-state index is 5.38. The molecule has 0 atom stereocenters.